The molecule has 0 spiro atoms. The largest absolute Gasteiger partial charge is 0.339 e. The average Bonchev–Trinajstić information content (AvgIpc) is 3.21. The maximum Gasteiger partial charge on any atom is 0.229 e. The van der Waals surface area contributed by atoms with E-state index in [1.54, 1.807) is 12.4 Å². The summed E-state index contributed by atoms with van der Waals surface area (Å²) in [4.78, 5) is 34.7. The fourth-order valence-electron chi connectivity index (χ4n) is 3.11. The number of nitrogens with zero attached hydrogens (tertiary/aromatic N) is 4. The maximum atomic E-state index is 12.4. The van der Waals surface area contributed by atoms with Gasteiger partial charge in [-0.1, -0.05) is 0 Å². The van der Waals surface area contributed by atoms with Crippen LogP contribution in [-0.4, -0.2) is 43.8 Å². The van der Waals surface area contributed by atoms with Crippen LogP contribution >= 0.6 is 0 Å². The Bertz CT molecular complexity index is 779. The van der Waals surface area contributed by atoms with E-state index < -0.39 is 0 Å². The first-order chi connectivity index (χ1) is 11.6. The van der Waals surface area contributed by atoms with Crippen LogP contribution in [0.3, 0.4) is 0 Å². The number of nitrogens with one attached hydrogen (secondary N) is 1. The summed E-state index contributed by atoms with van der Waals surface area (Å²) < 4.78 is 1.87. The third kappa shape index (κ3) is 2.77. The van der Waals surface area contributed by atoms with Crippen LogP contribution in [0.25, 0.3) is 5.82 Å². The molecule has 7 heteroatoms. The summed E-state index contributed by atoms with van der Waals surface area (Å²) in [6.07, 6.45) is 7.63. The molecule has 0 radical (unpaired) electrons. The number of aryl methyl sites for hydroxylation is 1. The van der Waals surface area contributed by atoms with Crippen LogP contribution in [0.1, 0.15) is 25.1 Å². The molecule has 1 unspecified atom stereocenters. The summed E-state index contributed by atoms with van der Waals surface area (Å²) in [7, 11) is 0. The predicted molar refractivity (Wildman–Crippen MR) is 87.6 cm³/mol. The number of carbonyl (C=O) groups is 2. The molecule has 2 aromatic heterocycles. The van der Waals surface area contributed by atoms with Crippen LogP contribution in [0.4, 0.5) is 5.69 Å². The molecule has 2 fully saturated rings. The SMILES string of the molecule is Cc1nccn1-c1ccc(NC(=O)C2CC(=O)N(C3CC3)C2)cn1. The lowest BCUT2D eigenvalue weighted by atomic mass is 10.1. The van der Waals surface area contributed by atoms with E-state index >= 15 is 0 Å². The van der Waals surface area contributed by atoms with E-state index in [-0.39, 0.29) is 17.7 Å². The fraction of sp³-hybridized carbons (Fsp3) is 0.412. The highest BCUT2D eigenvalue weighted by Crippen LogP contribution is 2.32. The first-order valence-electron chi connectivity index (χ1n) is 8.18. The van der Waals surface area contributed by atoms with Crippen molar-refractivity contribution < 1.29 is 9.59 Å². The Hall–Kier alpha value is -2.70. The van der Waals surface area contributed by atoms with Gasteiger partial charge in [-0.15, -0.1) is 0 Å². The Morgan fingerprint density at radius 3 is 2.75 bits per heavy atom. The lowest BCUT2D eigenvalue weighted by Gasteiger charge is -2.15. The van der Waals surface area contributed by atoms with Crippen LogP contribution in [0.2, 0.25) is 0 Å². The van der Waals surface area contributed by atoms with E-state index in [1.807, 2.05) is 34.7 Å². The van der Waals surface area contributed by atoms with Crippen LogP contribution in [0.15, 0.2) is 30.7 Å². The number of anilines is 1. The normalized spacial score (nSPS) is 20.5. The predicted octanol–water partition coefficient (Wildman–Crippen LogP) is 1.53. The van der Waals surface area contributed by atoms with Crippen molar-refractivity contribution in [3.8, 4) is 5.82 Å². The molecule has 0 bridgehead atoms. The van der Waals surface area contributed by atoms with Gasteiger partial charge in [0.15, 0.2) is 0 Å². The van der Waals surface area contributed by atoms with E-state index in [2.05, 4.69) is 15.3 Å². The van der Waals surface area contributed by atoms with Crippen LogP contribution in [0.5, 0.6) is 0 Å². The van der Waals surface area contributed by atoms with Crippen LogP contribution in [-0.2, 0) is 9.59 Å². The summed E-state index contributed by atoms with van der Waals surface area (Å²) in [6.45, 7) is 2.44. The third-order valence-electron chi connectivity index (χ3n) is 4.60. The Labute approximate surface area is 139 Å². The quantitative estimate of drug-likeness (QED) is 0.924. The van der Waals surface area contributed by atoms with E-state index in [1.165, 1.54) is 0 Å². The second-order valence-electron chi connectivity index (χ2n) is 6.42. The standard InChI is InChI=1S/C17H19N5O2/c1-11-18-6-7-21(11)15-5-2-13(9-19-15)20-17(24)12-8-16(23)22(10-12)14-3-4-14/h2,5-7,9,12,14H,3-4,8,10H2,1H3,(H,20,24). The molecule has 1 saturated carbocycles. The summed E-state index contributed by atoms with van der Waals surface area (Å²) in [5.41, 5.74) is 0.638. The van der Waals surface area contributed by atoms with Crippen molar-refractivity contribution in [1.29, 1.82) is 0 Å². The molecule has 1 aliphatic carbocycles. The van der Waals surface area contributed by atoms with E-state index in [4.69, 9.17) is 0 Å². The summed E-state index contributed by atoms with van der Waals surface area (Å²) >= 11 is 0. The highest BCUT2D eigenvalue weighted by molar-refractivity contribution is 5.97. The number of imidazole rings is 1. The van der Waals surface area contributed by atoms with Gasteiger partial charge in [0, 0.05) is 31.4 Å². The molecule has 1 saturated heterocycles. The number of rotatable bonds is 4. The van der Waals surface area contributed by atoms with Crippen LogP contribution in [0, 0.1) is 12.8 Å². The maximum absolute atomic E-state index is 12.4. The lowest BCUT2D eigenvalue weighted by molar-refractivity contribution is -0.128. The van der Waals surface area contributed by atoms with Crippen LogP contribution < -0.4 is 5.32 Å². The summed E-state index contributed by atoms with van der Waals surface area (Å²) in [5, 5.41) is 2.87. The number of pyridine rings is 1. The topological polar surface area (TPSA) is 80.1 Å². The molecular formula is C17H19N5O2. The van der Waals surface area contributed by atoms with Gasteiger partial charge in [0.25, 0.3) is 0 Å². The monoisotopic (exact) mass is 325 g/mol. The van der Waals surface area contributed by atoms with Gasteiger partial charge >= 0.3 is 0 Å². The highest BCUT2D eigenvalue weighted by Gasteiger charge is 2.41. The minimum absolute atomic E-state index is 0.0988. The number of amides is 2. The summed E-state index contributed by atoms with van der Waals surface area (Å²) in [5.74, 6) is 1.32. The van der Waals surface area contributed by atoms with Gasteiger partial charge < -0.3 is 10.2 Å². The van der Waals surface area contributed by atoms with E-state index in [0.717, 1.165) is 24.5 Å². The molecular weight excluding hydrogens is 306 g/mol. The Morgan fingerprint density at radius 1 is 1.29 bits per heavy atom. The fourth-order valence-corrected chi connectivity index (χ4v) is 3.11. The molecule has 2 amide bonds. The van der Waals surface area contributed by atoms with E-state index in [0.29, 0.717) is 24.7 Å². The number of hydrogen-bond acceptors (Lipinski definition) is 4. The molecule has 2 aromatic rings. The van der Waals surface area contributed by atoms with Crippen molar-refractivity contribution in [2.75, 3.05) is 11.9 Å². The second kappa shape index (κ2) is 5.74. The highest BCUT2D eigenvalue weighted by atomic mass is 16.2. The molecule has 4 rings (SSSR count). The van der Waals surface area contributed by atoms with Gasteiger partial charge in [-0.3, -0.25) is 14.2 Å². The number of aromatic nitrogens is 3. The molecule has 3 heterocycles. The van der Waals surface area contributed by atoms with E-state index in [9.17, 15) is 9.59 Å². The average molecular weight is 325 g/mol. The van der Waals surface area contributed by atoms with Gasteiger partial charge in [0.2, 0.25) is 11.8 Å². The zero-order chi connectivity index (χ0) is 16.7. The molecule has 2 aliphatic rings. The summed E-state index contributed by atoms with van der Waals surface area (Å²) in [6, 6.07) is 4.02. The Morgan fingerprint density at radius 2 is 2.12 bits per heavy atom. The van der Waals surface area contributed by atoms with Gasteiger partial charge in [0.05, 0.1) is 17.8 Å². The molecule has 1 aliphatic heterocycles. The third-order valence-corrected chi connectivity index (χ3v) is 4.60. The molecule has 1 atom stereocenters. The first kappa shape index (κ1) is 14.9. The zero-order valence-corrected chi connectivity index (χ0v) is 13.5. The minimum Gasteiger partial charge on any atom is -0.339 e. The number of carbonyl (C=O) groups excluding carboxylic acids is 2. The van der Waals surface area contributed by atoms with Gasteiger partial charge in [0.1, 0.15) is 11.6 Å². The molecule has 24 heavy (non-hydrogen) atoms. The smallest absolute Gasteiger partial charge is 0.229 e. The number of hydrogen-bond donors (Lipinski definition) is 1. The van der Waals surface area contributed by atoms with Crippen molar-refractivity contribution in [3.05, 3.63) is 36.5 Å². The number of likely N-dealkylation sites (tertiary alicyclic amines) is 1. The molecule has 7 nitrogen and oxygen atoms in total. The van der Waals surface area contributed by atoms with Gasteiger partial charge in [-0.05, 0) is 31.9 Å². The Kier molecular flexibility index (Phi) is 3.55. The first-order valence-corrected chi connectivity index (χ1v) is 8.18. The molecule has 0 aromatic carbocycles. The van der Waals surface area contributed by atoms with Crippen molar-refractivity contribution in [1.82, 2.24) is 19.4 Å². The zero-order valence-electron chi connectivity index (χ0n) is 13.5. The van der Waals surface area contributed by atoms with Crippen molar-refractivity contribution in [2.24, 2.45) is 5.92 Å². The minimum atomic E-state index is -0.270. The van der Waals surface area contributed by atoms with Crippen molar-refractivity contribution >= 4 is 17.5 Å². The van der Waals surface area contributed by atoms with Gasteiger partial charge in [-0.25, -0.2) is 9.97 Å². The van der Waals surface area contributed by atoms with Gasteiger partial charge in [-0.2, -0.15) is 0 Å². The molecule has 1 N–H and O–H groups in total. The lowest BCUT2D eigenvalue weighted by Crippen LogP contribution is -2.29. The Balaban J connectivity index is 1.41. The van der Waals surface area contributed by atoms with Crippen molar-refractivity contribution in [2.45, 2.75) is 32.2 Å². The molecule has 124 valence electrons. The van der Waals surface area contributed by atoms with Crippen molar-refractivity contribution in [3.63, 3.8) is 0 Å². The second-order valence-corrected chi connectivity index (χ2v) is 6.42.